The van der Waals surface area contributed by atoms with E-state index >= 15 is 0 Å². The third-order valence-corrected chi connectivity index (χ3v) is 12.4. The Bertz CT molecular complexity index is 2300. The molecule has 0 bridgehead atoms. The van der Waals surface area contributed by atoms with Crippen LogP contribution in [0.3, 0.4) is 0 Å². The molecule has 3 aliphatic rings. The Balaban J connectivity index is 1.46. The van der Waals surface area contributed by atoms with E-state index in [9.17, 15) is 18.0 Å². The highest BCUT2D eigenvalue weighted by atomic mass is 32.2. The molecule has 1 fully saturated rings. The van der Waals surface area contributed by atoms with E-state index in [2.05, 4.69) is 41.3 Å². The lowest BCUT2D eigenvalue weighted by Gasteiger charge is -2.24. The molecular weight excluding hydrogens is 699 g/mol. The molecule has 1 aliphatic carbocycles. The van der Waals surface area contributed by atoms with E-state index in [1.807, 2.05) is 68.1 Å². The van der Waals surface area contributed by atoms with Crippen molar-refractivity contribution in [2.24, 2.45) is 5.92 Å². The highest BCUT2D eigenvalue weighted by molar-refractivity contribution is 7.90. The van der Waals surface area contributed by atoms with Gasteiger partial charge in [-0.2, -0.15) is 5.10 Å². The molecule has 10 nitrogen and oxygen atoms in total. The second-order valence-corrected chi connectivity index (χ2v) is 17.3. The molecule has 2 aromatic carbocycles. The number of sulfonamides is 1. The number of fused-ring (bicyclic) bond motifs is 5. The lowest BCUT2D eigenvalue weighted by Crippen LogP contribution is -2.33. The van der Waals surface area contributed by atoms with E-state index in [0.29, 0.717) is 18.0 Å². The summed E-state index contributed by atoms with van der Waals surface area (Å²) < 4.78 is 38.0. The first-order chi connectivity index (χ1) is 25.9. The van der Waals surface area contributed by atoms with E-state index in [-0.39, 0.29) is 35.2 Å². The Kier molecular flexibility index (Phi) is 10.5. The van der Waals surface area contributed by atoms with Gasteiger partial charge in [0.25, 0.3) is 11.8 Å². The maximum absolute atomic E-state index is 14.5. The van der Waals surface area contributed by atoms with Crippen molar-refractivity contribution in [2.45, 2.75) is 97.7 Å². The number of hydrogen-bond acceptors (Lipinski definition) is 6. The summed E-state index contributed by atoms with van der Waals surface area (Å²) >= 11 is 0. The van der Waals surface area contributed by atoms with Gasteiger partial charge < -0.3 is 14.2 Å². The topological polar surface area (TPSA) is 116 Å². The first kappa shape index (κ1) is 37.4. The molecule has 2 amide bonds. The average Bonchev–Trinajstić information content (AvgIpc) is 3.84. The zero-order valence-corrected chi connectivity index (χ0v) is 32.9. The Morgan fingerprint density at radius 1 is 1.04 bits per heavy atom. The quantitative estimate of drug-likeness (QED) is 0.162. The molecule has 284 valence electrons. The van der Waals surface area contributed by atoms with E-state index < -0.39 is 15.9 Å². The monoisotopic (exact) mass is 749 g/mol. The van der Waals surface area contributed by atoms with Gasteiger partial charge in [0.1, 0.15) is 5.75 Å². The van der Waals surface area contributed by atoms with Crippen LogP contribution >= 0.6 is 0 Å². The molecule has 2 aliphatic heterocycles. The van der Waals surface area contributed by atoms with Crippen LogP contribution < -0.4 is 9.46 Å². The number of aromatic nitrogens is 3. The van der Waals surface area contributed by atoms with Gasteiger partial charge in [-0.3, -0.25) is 14.3 Å². The van der Waals surface area contributed by atoms with Crippen LogP contribution in [0.5, 0.6) is 5.75 Å². The number of nitrogens with zero attached hydrogens (tertiary/aromatic N) is 4. The summed E-state index contributed by atoms with van der Waals surface area (Å²) in [5.74, 6) is -0.0141. The summed E-state index contributed by atoms with van der Waals surface area (Å²) in [6.45, 7) is 10.1. The van der Waals surface area contributed by atoms with Gasteiger partial charge in [0.15, 0.2) is 0 Å². The highest BCUT2D eigenvalue weighted by Gasteiger charge is 2.34. The standard InChI is InChI=1S/C43H51N5O5S/c1-7-12-33-15-11-20-46(33)43(50)37-24-44-48(28(4)5)40(37)32-21-31-22-34(53-6)17-19-35(31)41-39(29-13-9-8-10-14-29)36-18-16-30(23-38(36)47(41)25-32)42(49)45-54(51,52)26-27(2)3/h7,11-12,16-24,27-29,33H,8-10,13-15,25-26H2,1-6H3,(H,45,49)/b12-7+. The predicted molar refractivity (Wildman–Crippen MR) is 215 cm³/mol. The number of benzene rings is 2. The van der Waals surface area contributed by atoms with Crippen molar-refractivity contribution in [3.05, 3.63) is 95.0 Å². The van der Waals surface area contributed by atoms with Crippen molar-refractivity contribution in [3.8, 4) is 17.0 Å². The van der Waals surface area contributed by atoms with Gasteiger partial charge in [0, 0.05) is 34.3 Å². The fraction of sp³-hybridized carbons (Fsp3) is 0.419. The van der Waals surface area contributed by atoms with Gasteiger partial charge in [-0.25, -0.2) is 13.1 Å². The molecule has 0 saturated heterocycles. The molecule has 1 unspecified atom stereocenters. The number of methoxy groups -OCH3 is 1. The second-order valence-electron chi connectivity index (χ2n) is 15.5. The first-order valence-corrected chi connectivity index (χ1v) is 20.9. The number of allylic oxidation sites excluding steroid dienone is 2. The smallest absolute Gasteiger partial charge is 0.264 e. The maximum Gasteiger partial charge on any atom is 0.264 e. The van der Waals surface area contributed by atoms with Gasteiger partial charge in [-0.05, 0) is 105 Å². The van der Waals surface area contributed by atoms with Crippen LogP contribution in [0.15, 0.2) is 67.0 Å². The first-order valence-electron chi connectivity index (χ1n) is 19.2. The molecule has 4 heterocycles. The van der Waals surface area contributed by atoms with Crippen molar-refractivity contribution >= 4 is 44.4 Å². The van der Waals surface area contributed by atoms with Gasteiger partial charge in [-0.1, -0.05) is 57.4 Å². The zero-order valence-electron chi connectivity index (χ0n) is 32.1. The normalized spacial score (nSPS) is 17.7. The molecule has 1 saturated carbocycles. The van der Waals surface area contributed by atoms with E-state index in [4.69, 9.17) is 9.84 Å². The lowest BCUT2D eigenvalue weighted by atomic mass is 9.81. The molecule has 4 aromatic rings. The molecule has 1 N–H and O–H groups in total. The summed E-state index contributed by atoms with van der Waals surface area (Å²) in [5, 5.41) is 5.85. The largest absolute Gasteiger partial charge is 0.497 e. The van der Waals surface area contributed by atoms with Crippen molar-refractivity contribution in [3.63, 3.8) is 0 Å². The third kappa shape index (κ3) is 7.06. The van der Waals surface area contributed by atoms with Crippen LogP contribution in [-0.2, 0) is 16.6 Å². The van der Waals surface area contributed by atoms with Crippen molar-refractivity contribution in [1.29, 1.82) is 0 Å². The number of amides is 2. The number of hydrogen-bond donors (Lipinski definition) is 1. The number of carbonyl (C=O) groups is 2. The molecule has 11 heteroatoms. The molecule has 0 radical (unpaired) electrons. The SMILES string of the molecule is C/C=C/C1CC=CN1C(=O)c1cnn(C(C)C)c1C1=Cc2cc(OC)ccc2-c2c(C3CCCCC3)c3ccc(C(=O)NS(=O)(=O)CC(C)C)cc3n2C1. The minimum Gasteiger partial charge on any atom is -0.497 e. The van der Waals surface area contributed by atoms with Crippen LogP contribution in [0.25, 0.3) is 33.8 Å². The van der Waals surface area contributed by atoms with Gasteiger partial charge >= 0.3 is 0 Å². The minimum atomic E-state index is -3.82. The van der Waals surface area contributed by atoms with Crippen LogP contribution in [-0.4, -0.2) is 58.4 Å². The van der Waals surface area contributed by atoms with Gasteiger partial charge in [-0.15, -0.1) is 0 Å². The maximum atomic E-state index is 14.5. The average molecular weight is 750 g/mol. The number of carbonyl (C=O) groups excluding carboxylic acids is 2. The summed E-state index contributed by atoms with van der Waals surface area (Å²) in [5.41, 5.74) is 7.58. The summed E-state index contributed by atoms with van der Waals surface area (Å²) in [7, 11) is -2.16. The molecule has 54 heavy (non-hydrogen) atoms. The number of rotatable bonds is 10. The van der Waals surface area contributed by atoms with Gasteiger partial charge in [0.05, 0.1) is 48.6 Å². The fourth-order valence-corrected chi connectivity index (χ4v) is 9.89. The zero-order chi connectivity index (χ0) is 38.3. The second kappa shape index (κ2) is 15.1. The Morgan fingerprint density at radius 2 is 1.81 bits per heavy atom. The van der Waals surface area contributed by atoms with Crippen molar-refractivity contribution in [1.82, 2.24) is 24.0 Å². The minimum absolute atomic E-state index is 0.0438. The Labute approximate surface area is 318 Å². The summed E-state index contributed by atoms with van der Waals surface area (Å²) in [6, 6.07) is 11.6. The van der Waals surface area contributed by atoms with Crippen LogP contribution in [0.1, 0.15) is 123 Å². The molecule has 1 atom stereocenters. The Morgan fingerprint density at radius 3 is 2.52 bits per heavy atom. The fourth-order valence-electron chi connectivity index (χ4n) is 8.53. The van der Waals surface area contributed by atoms with Crippen molar-refractivity contribution < 1.29 is 22.7 Å². The molecule has 0 spiro atoms. The van der Waals surface area contributed by atoms with Crippen LogP contribution in [0, 0.1) is 5.92 Å². The molecule has 7 rings (SSSR count). The van der Waals surface area contributed by atoms with E-state index in [0.717, 1.165) is 76.8 Å². The van der Waals surface area contributed by atoms with Crippen LogP contribution in [0.2, 0.25) is 0 Å². The summed E-state index contributed by atoms with van der Waals surface area (Å²) in [6.07, 6.45) is 18.1. The highest BCUT2D eigenvalue weighted by Crippen LogP contribution is 2.48. The van der Waals surface area contributed by atoms with E-state index in [1.54, 1.807) is 24.3 Å². The van der Waals surface area contributed by atoms with Crippen LogP contribution in [0.4, 0.5) is 0 Å². The van der Waals surface area contributed by atoms with E-state index in [1.165, 1.54) is 12.0 Å². The van der Waals surface area contributed by atoms with Gasteiger partial charge in [0.2, 0.25) is 10.0 Å². The predicted octanol–water partition coefficient (Wildman–Crippen LogP) is 8.72. The lowest BCUT2D eigenvalue weighted by molar-refractivity contribution is 0.0805. The van der Waals surface area contributed by atoms with Crippen molar-refractivity contribution in [2.75, 3.05) is 12.9 Å². The summed E-state index contributed by atoms with van der Waals surface area (Å²) in [4.78, 5) is 29.9. The number of ether oxygens (including phenoxy) is 1. The molecule has 2 aromatic heterocycles. The third-order valence-electron chi connectivity index (χ3n) is 10.8. The Hall–Kier alpha value is -4.90. The number of nitrogens with one attached hydrogen (secondary N) is 1. The molecular formula is C43H51N5O5S.